The van der Waals surface area contributed by atoms with Gasteiger partial charge >= 0.3 is 5.97 Å². The predicted molar refractivity (Wildman–Crippen MR) is 61.0 cm³/mol. The molecular formula is C10H20O4S. The van der Waals surface area contributed by atoms with Gasteiger partial charge in [-0.3, -0.25) is 4.79 Å². The molecule has 0 amide bonds. The van der Waals surface area contributed by atoms with Crippen LogP contribution in [0.2, 0.25) is 0 Å². The van der Waals surface area contributed by atoms with Crippen molar-refractivity contribution in [2.45, 2.75) is 32.7 Å². The number of hydrogen-bond donors (Lipinski definition) is 0. The molecule has 0 aromatic carbocycles. The van der Waals surface area contributed by atoms with E-state index in [-0.39, 0.29) is 12.3 Å². The molecule has 0 N–H and O–H groups in total. The monoisotopic (exact) mass is 236 g/mol. The van der Waals surface area contributed by atoms with Crippen LogP contribution in [0.4, 0.5) is 0 Å². The topological polar surface area (TPSA) is 44.8 Å². The zero-order valence-corrected chi connectivity index (χ0v) is 10.8. The van der Waals surface area contributed by atoms with Crippen LogP contribution in [0.1, 0.15) is 20.8 Å². The molecule has 0 aliphatic heterocycles. The van der Waals surface area contributed by atoms with Gasteiger partial charge in [0.2, 0.25) is 0 Å². The Balaban J connectivity index is 3.64. The Bertz CT molecular complexity index is 184. The molecule has 0 spiro atoms. The number of carbonyl (C=O) groups excluding carboxylic acids is 1. The molecule has 4 nitrogen and oxygen atoms in total. The van der Waals surface area contributed by atoms with E-state index in [9.17, 15) is 4.79 Å². The third-order valence-corrected chi connectivity index (χ3v) is 2.37. The molecule has 0 aliphatic carbocycles. The third-order valence-electron chi connectivity index (χ3n) is 1.42. The average Bonchev–Trinajstić information content (AvgIpc) is 2.09. The molecule has 15 heavy (non-hydrogen) atoms. The van der Waals surface area contributed by atoms with Crippen molar-refractivity contribution >= 4 is 17.7 Å². The molecule has 90 valence electrons. The molecule has 0 aromatic rings. The maximum Gasteiger partial charge on any atom is 0.316 e. The summed E-state index contributed by atoms with van der Waals surface area (Å²) in [7, 11) is 3.14. The highest BCUT2D eigenvalue weighted by Gasteiger charge is 2.16. The molecule has 0 radical (unpaired) electrons. The Morgan fingerprint density at radius 2 is 1.80 bits per heavy atom. The lowest BCUT2D eigenvalue weighted by Crippen LogP contribution is -2.25. The lowest BCUT2D eigenvalue weighted by atomic mass is 10.2. The van der Waals surface area contributed by atoms with Crippen molar-refractivity contribution in [2.24, 2.45) is 0 Å². The zero-order chi connectivity index (χ0) is 11.9. The van der Waals surface area contributed by atoms with Gasteiger partial charge in [-0.25, -0.2) is 0 Å². The van der Waals surface area contributed by atoms with E-state index in [1.807, 2.05) is 20.8 Å². The summed E-state index contributed by atoms with van der Waals surface area (Å²) in [5.41, 5.74) is -0.417. The quantitative estimate of drug-likeness (QED) is 0.518. The van der Waals surface area contributed by atoms with Gasteiger partial charge in [0, 0.05) is 20.0 Å². The van der Waals surface area contributed by atoms with Gasteiger partial charge in [0.1, 0.15) is 5.60 Å². The fraction of sp³-hybridized carbons (Fsp3) is 0.900. The molecule has 0 saturated carbocycles. The van der Waals surface area contributed by atoms with Gasteiger partial charge in [0.05, 0.1) is 5.75 Å². The summed E-state index contributed by atoms with van der Waals surface area (Å²) in [5, 5.41) is 0. The van der Waals surface area contributed by atoms with Crippen molar-refractivity contribution in [3.8, 4) is 0 Å². The summed E-state index contributed by atoms with van der Waals surface area (Å²) >= 11 is 1.43. The number of esters is 1. The van der Waals surface area contributed by atoms with Crippen molar-refractivity contribution in [1.82, 2.24) is 0 Å². The van der Waals surface area contributed by atoms with E-state index in [1.54, 1.807) is 14.2 Å². The van der Waals surface area contributed by atoms with Gasteiger partial charge in [-0.2, -0.15) is 0 Å². The largest absolute Gasteiger partial charge is 0.459 e. The molecule has 0 atom stereocenters. The van der Waals surface area contributed by atoms with Crippen molar-refractivity contribution < 1.29 is 19.0 Å². The molecule has 0 bridgehead atoms. The first kappa shape index (κ1) is 14.7. The number of rotatable bonds is 6. The number of carbonyl (C=O) groups is 1. The van der Waals surface area contributed by atoms with Gasteiger partial charge in [-0.15, -0.1) is 11.8 Å². The molecular weight excluding hydrogens is 216 g/mol. The van der Waals surface area contributed by atoms with Crippen LogP contribution in [-0.4, -0.2) is 43.6 Å². The first-order valence-electron chi connectivity index (χ1n) is 4.74. The minimum Gasteiger partial charge on any atom is -0.459 e. The van der Waals surface area contributed by atoms with Crippen molar-refractivity contribution in [2.75, 3.05) is 25.7 Å². The van der Waals surface area contributed by atoms with Gasteiger partial charge in [0.15, 0.2) is 6.29 Å². The van der Waals surface area contributed by atoms with E-state index in [1.165, 1.54) is 11.8 Å². The van der Waals surface area contributed by atoms with Gasteiger partial charge in [-0.1, -0.05) is 0 Å². The summed E-state index contributed by atoms with van der Waals surface area (Å²) in [5.74, 6) is 0.727. The molecule has 0 fully saturated rings. The van der Waals surface area contributed by atoms with Gasteiger partial charge in [-0.05, 0) is 20.8 Å². The first-order valence-corrected chi connectivity index (χ1v) is 5.89. The van der Waals surface area contributed by atoms with Crippen molar-refractivity contribution in [1.29, 1.82) is 0 Å². The predicted octanol–water partition coefficient (Wildman–Crippen LogP) is 1.68. The van der Waals surface area contributed by atoms with Crippen LogP contribution in [0.5, 0.6) is 0 Å². The normalized spacial score (nSPS) is 11.9. The van der Waals surface area contributed by atoms with Crippen LogP contribution in [-0.2, 0) is 19.0 Å². The molecule has 0 rings (SSSR count). The highest BCUT2D eigenvalue weighted by atomic mass is 32.2. The van der Waals surface area contributed by atoms with Crippen LogP contribution in [0.15, 0.2) is 0 Å². The molecule has 0 aliphatic rings. The smallest absolute Gasteiger partial charge is 0.316 e. The number of ether oxygens (including phenoxy) is 3. The Labute approximate surface area is 95.6 Å². The second-order valence-corrected chi connectivity index (χ2v) is 5.03. The summed E-state index contributed by atoms with van der Waals surface area (Å²) in [4.78, 5) is 11.3. The lowest BCUT2D eigenvalue weighted by molar-refractivity contribution is -0.151. The van der Waals surface area contributed by atoms with Crippen molar-refractivity contribution in [3.63, 3.8) is 0 Å². The summed E-state index contributed by atoms with van der Waals surface area (Å²) < 4.78 is 15.1. The van der Waals surface area contributed by atoms with Crippen LogP contribution < -0.4 is 0 Å². The van der Waals surface area contributed by atoms with Gasteiger partial charge < -0.3 is 14.2 Å². The zero-order valence-electron chi connectivity index (χ0n) is 10.0. The highest BCUT2D eigenvalue weighted by molar-refractivity contribution is 7.99. The van der Waals surface area contributed by atoms with Crippen LogP contribution in [0.25, 0.3) is 0 Å². The molecule has 0 heterocycles. The Morgan fingerprint density at radius 1 is 1.27 bits per heavy atom. The summed E-state index contributed by atoms with van der Waals surface area (Å²) in [6, 6.07) is 0. The van der Waals surface area contributed by atoms with E-state index in [0.29, 0.717) is 11.5 Å². The first-order chi connectivity index (χ1) is 6.89. The maximum atomic E-state index is 11.3. The minimum absolute atomic E-state index is 0.210. The Morgan fingerprint density at radius 3 is 2.20 bits per heavy atom. The standard InChI is InChI=1S/C10H20O4S/c1-10(2,3)14-8(11)6-15-7-9(12-4)13-5/h9H,6-7H2,1-5H3. The molecule has 0 unspecified atom stereocenters. The van der Waals surface area contributed by atoms with E-state index in [0.717, 1.165) is 0 Å². The van der Waals surface area contributed by atoms with Crippen LogP contribution >= 0.6 is 11.8 Å². The second kappa shape index (κ2) is 7.09. The number of hydrogen-bond acceptors (Lipinski definition) is 5. The molecule has 5 heteroatoms. The lowest BCUT2D eigenvalue weighted by Gasteiger charge is -2.19. The minimum atomic E-state index is -0.417. The Kier molecular flexibility index (Phi) is 6.96. The molecule has 0 aromatic heterocycles. The molecule has 0 saturated heterocycles. The fourth-order valence-electron chi connectivity index (χ4n) is 0.842. The fourth-order valence-corrected chi connectivity index (χ4v) is 1.65. The number of thioether (sulfide) groups is 1. The maximum absolute atomic E-state index is 11.3. The van der Waals surface area contributed by atoms with Crippen molar-refractivity contribution in [3.05, 3.63) is 0 Å². The Hall–Kier alpha value is -0.260. The van der Waals surface area contributed by atoms with E-state index in [2.05, 4.69) is 0 Å². The second-order valence-electron chi connectivity index (χ2n) is 4.00. The highest BCUT2D eigenvalue weighted by Crippen LogP contribution is 2.11. The number of methoxy groups -OCH3 is 2. The average molecular weight is 236 g/mol. The van der Waals surface area contributed by atoms with E-state index < -0.39 is 5.60 Å². The van der Waals surface area contributed by atoms with Gasteiger partial charge in [0.25, 0.3) is 0 Å². The van der Waals surface area contributed by atoms with Crippen LogP contribution in [0.3, 0.4) is 0 Å². The van der Waals surface area contributed by atoms with E-state index in [4.69, 9.17) is 14.2 Å². The summed E-state index contributed by atoms with van der Waals surface area (Å²) in [6.45, 7) is 5.55. The SMILES string of the molecule is COC(CSCC(=O)OC(C)(C)C)OC. The van der Waals surface area contributed by atoms with Crippen LogP contribution in [0, 0.1) is 0 Å². The third kappa shape index (κ3) is 8.72. The summed E-state index contributed by atoms with van der Waals surface area (Å²) in [6.07, 6.45) is -0.266. The van der Waals surface area contributed by atoms with E-state index >= 15 is 0 Å².